The Labute approximate surface area is 187 Å². The third kappa shape index (κ3) is 4.81. The van der Waals surface area contributed by atoms with E-state index in [1.807, 2.05) is 0 Å². The van der Waals surface area contributed by atoms with Crippen LogP contribution in [0.3, 0.4) is 0 Å². The predicted molar refractivity (Wildman–Crippen MR) is 119 cm³/mol. The van der Waals surface area contributed by atoms with Crippen LogP contribution >= 0.6 is 0 Å². The Morgan fingerprint density at radius 2 is 1.72 bits per heavy atom. The average Bonchev–Trinajstić information content (AvgIpc) is 2.75. The van der Waals surface area contributed by atoms with Crippen molar-refractivity contribution in [2.45, 2.75) is 30.6 Å². The zero-order chi connectivity index (χ0) is 23.5. The fourth-order valence-corrected chi connectivity index (χ4v) is 5.75. The highest BCUT2D eigenvalue weighted by Crippen LogP contribution is 2.34. The first-order chi connectivity index (χ1) is 15.1. The maximum atomic E-state index is 13.1. The number of fused-ring (bicyclic) bond motifs is 1. The van der Waals surface area contributed by atoms with E-state index in [0.29, 0.717) is 5.75 Å². The topological polar surface area (TPSA) is 131 Å². The largest absolute Gasteiger partial charge is 0.492 e. The standard InChI is InChI=1S/C20H25N3O7S2/c1-4-23(5-2)32(27,28)15-8-10-19(29-6-3)17(12-15)22-31(25,26)14-7-9-18-16(11-14)21-20(24)13-30-18/h7-12,22H,4-6,13H2,1-3H3,(H,21,24). The Balaban J connectivity index is 2.01. The number of nitrogens with one attached hydrogen (secondary N) is 2. The summed E-state index contributed by atoms with van der Waals surface area (Å²) in [6, 6.07) is 8.06. The number of carbonyl (C=O) groups is 1. The molecule has 0 bridgehead atoms. The van der Waals surface area contributed by atoms with E-state index < -0.39 is 26.0 Å². The van der Waals surface area contributed by atoms with Crippen LogP contribution in [0.1, 0.15) is 20.8 Å². The summed E-state index contributed by atoms with van der Waals surface area (Å²) in [6.07, 6.45) is 0. The van der Waals surface area contributed by atoms with Gasteiger partial charge in [0.25, 0.3) is 15.9 Å². The highest BCUT2D eigenvalue weighted by molar-refractivity contribution is 7.92. The van der Waals surface area contributed by atoms with Crippen molar-refractivity contribution >= 4 is 37.3 Å². The molecule has 1 aliphatic heterocycles. The van der Waals surface area contributed by atoms with E-state index >= 15 is 0 Å². The second-order valence-electron chi connectivity index (χ2n) is 6.78. The summed E-state index contributed by atoms with van der Waals surface area (Å²) in [6.45, 7) is 5.81. The van der Waals surface area contributed by atoms with Crippen LogP contribution in [0.25, 0.3) is 0 Å². The number of nitrogens with zero attached hydrogens (tertiary/aromatic N) is 1. The molecule has 12 heteroatoms. The van der Waals surface area contributed by atoms with Gasteiger partial charge in [-0.05, 0) is 43.3 Å². The summed E-state index contributed by atoms with van der Waals surface area (Å²) >= 11 is 0. The molecule has 32 heavy (non-hydrogen) atoms. The van der Waals surface area contributed by atoms with Gasteiger partial charge in [-0.3, -0.25) is 9.52 Å². The fourth-order valence-electron chi connectivity index (χ4n) is 3.18. The van der Waals surface area contributed by atoms with Crippen molar-refractivity contribution in [2.75, 3.05) is 36.3 Å². The molecule has 0 spiro atoms. The Kier molecular flexibility index (Phi) is 6.96. The molecule has 1 aliphatic rings. The van der Waals surface area contributed by atoms with Crippen LogP contribution in [0.4, 0.5) is 11.4 Å². The molecule has 0 fully saturated rings. The summed E-state index contributed by atoms with van der Waals surface area (Å²) in [5.41, 5.74) is 0.213. The van der Waals surface area contributed by atoms with E-state index in [1.54, 1.807) is 20.8 Å². The number of hydrogen-bond donors (Lipinski definition) is 2. The first-order valence-electron chi connectivity index (χ1n) is 9.98. The van der Waals surface area contributed by atoms with Crippen molar-refractivity contribution in [3.63, 3.8) is 0 Å². The van der Waals surface area contributed by atoms with Crippen molar-refractivity contribution < 1.29 is 31.1 Å². The predicted octanol–water partition coefficient (Wildman–Crippen LogP) is 2.25. The van der Waals surface area contributed by atoms with Gasteiger partial charge in [0.05, 0.1) is 27.8 Å². The molecule has 3 rings (SSSR count). The molecule has 1 amide bonds. The molecule has 1 heterocycles. The zero-order valence-corrected chi connectivity index (χ0v) is 19.5. The smallest absolute Gasteiger partial charge is 0.262 e. The number of amides is 1. The number of anilines is 2. The summed E-state index contributed by atoms with van der Waals surface area (Å²) < 4.78 is 66.3. The van der Waals surface area contributed by atoms with E-state index in [-0.39, 0.29) is 53.2 Å². The Morgan fingerprint density at radius 3 is 2.38 bits per heavy atom. The van der Waals surface area contributed by atoms with Gasteiger partial charge in [0.2, 0.25) is 10.0 Å². The van der Waals surface area contributed by atoms with E-state index in [2.05, 4.69) is 10.0 Å². The summed E-state index contributed by atoms with van der Waals surface area (Å²) in [4.78, 5) is 11.4. The molecule has 2 N–H and O–H groups in total. The SMILES string of the molecule is CCOc1ccc(S(=O)(=O)N(CC)CC)cc1NS(=O)(=O)c1ccc2c(c1)NC(=O)CO2. The second kappa shape index (κ2) is 9.35. The van der Waals surface area contributed by atoms with E-state index in [1.165, 1.54) is 40.7 Å². The lowest BCUT2D eigenvalue weighted by Gasteiger charge is -2.21. The minimum absolute atomic E-state index is 0.0157. The van der Waals surface area contributed by atoms with Crippen LogP contribution in [0.15, 0.2) is 46.2 Å². The van der Waals surface area contributed by atoms with Gasteiger partial charge >= 0.3 is 0 Å². The van der Waals surface area contributed by atoms with Crippen LogP contribution in [0.2, 0.25) is 0 Å². The van der Waals surface area contributed by atoms with Crippen LogP contribution in [0.5, 0.6) is 11.5 Å². The average molecular weight is 484 g/mol. The molecule has 174 valence electrons. The van der Waals surface area contributed by atoms with Gasteiger partial charge in [-0.25, -0.2) is 16.8 Å². The lowest BCUT2D eigenvalue weighted by molar-refractivity contribution is -0.118. The molecule has 2 aromatic rings. The molecule has 10 nitrogen and oxygen atoms in total. The van der Waals surface area contributed by atoms with Gasteiger partial charge in [0.1, 0.15) is 11.5 Å². The van der Waals surface area contributed by atoms with E-state index in [0.717, 1.165) is 0 Å². The highest BCUT2D eigenvalue weighted by Gasteiger charge is 2.26. The molecular weight excluding hydrogens is 458 g/mol. The lowest BCUT2D eigenvalue weighted by atomic mass is 10.2. The van der Waals surface area contributed by atoms with Gasteiger partial charge in [0.15, 0.2) is 6.61 Å². The van der Waals surface area contributed by atoms with Crippen molar-refractivity contribution in [3.05, 3.63) is 36.4 Å². The third-order valence-electron chi connectivity index (χ3n) is 4.73. The normalized spacial score (nSPS) is 13.8. The Bertz CT molecular complexity index is 1220. The van der Waals surface area contributed by atoms with Crippen LogP contribution in [-0.2, 0) is 24.8 Å². The number of benzene rings is 2. The first kappa shape index (κ1) is 23.8. The second-order valence-corrected chi connectivity index (χ2v) is 10.4. The number of hydrogen-bond acceptors (Lipinski definition) is 7. The maximum Gasteiger partial charge on any atom is 0.262 e. The van der Waals surface area contributed by atoms with Crippen molar-refractivity contribution in [1.82, 2.24) is 4.31 Å². The molecule has 0 atom stereocenters. The highest BCUT2D eigenvalue weighted by atomic mass is 32.2. The van der Waals surface area contributed by atoms with Crippen LogP contribution in [-0.4, -0.2) is 53.4 Å². The minimum Gasteiger partial charge on any atom is -0.492 e. The number of ether oxygens (including phenoxy) is 2. The maximum absolute atomic E-state index is 13.1. The molecule has 0 saturated heterocycles. The number of sulfonamides is 2. The van der Waals surface area contributed by atoms with E-state index in [4.69, 9.17) is 9.47 Å². The van der Waals surface area contributed by atoms with Crippen molar-refractivity contribution in [1.29, 1.82) is 0 Å². The number of rotatable bonds is 9. The van der Waals surface area contributed by atoms with Crippen molar-refractivity contribution in [3.8, 4) is 11.5 Å². The lowest BCUT2D eigenvalue weighted by Crippen LogP contribution is -2.30. The monoisotopic (exact) mass is 483 g/mol. The quantitative estimate of drug-likeness (QED) is 0.559. The van der Waals surface area contributed by atoms with Crippen molar-refractivity contribution in [2.24, 2.45) is 0 Å². The van der Waals surface area contributed by atoms with Gasteiger partial charge < -0.3 is 14.8 Å². The number of carbonyl (C=O) groups excluding carboxylic acids is 1. The van der Waals surface area contributed by atoms with Crippen LogP contribution < -0.4 is 19.5 Å². The molecule has 2 aromatic carbocycles. The summed E-state index contributed by atoms with van der Waals surface area (Å²) in [5.74, 6) is 0.142. The minimum atomic E-state index is -4.14. The van der Waals surface area contributed by atoms with Gasteiger partial charge in [-0.2, -0.15) is 4.31 Å². The van der Waals surface area contributed by atoms with E-state index in [9.17, 15) is 21.6 Å². The summed E-state index contributed by atoms with van der Waals surface area (Å²) in [7, 11) is -7.96. The molecule has 0 aromatic heterocycles. The third-order valence-corrected chi connectivity index (χ3v) is 8.14. The zero-order valence-electron chi connectivity index (χ0n) is 17.9. The van der Waals surface area contributed by atoms with Gasteiger partial charge in [-0.1, -0.05) is 13.8 Å². The molecule has 0 radical (unpaired) electrons. The molecular formula is C20H25N3O7S2. The molecule has 0 saturated carbocycles. The fraction of sp³-hybridized carbons (Fsp3) is 0.350. The molecule has 0 unspecified atom stereocenters. The summed E-state index contributed by atoms with van der Waals surface area (Å²) in [5, 5.41) is 2.56. The van der Waals surface area contributed by atoms with Gasteiger partial charge in [-0.15, -0.1) is 0 Å². The molecule has 0 aliphatic carbocycles. The Morgan fingerprint density at radius 1 is 1.03 bits per heavy atom. The van der Waals surface area contributed by atoms with Crippen LogP contribution in [0, 0.1) is 0 Å². The first-order valence-corrected chi connectivity index (χ1v) is 12.9. The Hall–Kier alpha value is -2.83. The van der Waals surface area contributed by atoms with Gasteiger partial charge in [0, 0.05) is 13.1 Å².